The van der Waals surface area contributed by atoms with E-state index < -0.39 is 29.6 Å². The number of nitrogens with zero attached hydrogens (tertiary/aromatic N) is 3. The Morgan fingerprint density at radius 2 is 1.81 bits per heavy atom. The summed E-state index contributed by atoms with van der Waals surface area (Å²) < 4.78 is 28.6. The van der Waals surface area contributed by atoms with Crippen LogP contribution >= 0.6 is 0 Å². The Morgan fingerprint density at radius 3 is 2.45 bits per heavy atom. The maximum atomic E-state index is 13.8. The monoisotopic (exact) mass is 591 g/mol. The second kappa shape index (κ2) is 14.2. The van der Waals surface area contributed by atoms with Crippen molar-refractivity contribution >= 4 is 11.9 Å². The van der Waals surface area contributed by atoms with Crippen LogP contribution < -0.4 is 14.2 Å². The summed E-state index contributed by atoms with van der Waals surface area (Å²) in [5, 5.41) is 10.7. The Bertz CT molecular complexity index is 1070. The number of carboxylic acid groups (broad SMARTS) is 1. The number of hydrogen-bond donors (Lipinski definition) is 1. The van der Waals surface area contributed by atoms with Crippen LogP contribution in [0, 0.1) is 11.3 Å². The van der Waals surface area contributed by atoms with Gasteiger partial charge in [-0.2, -0.15) is 0 Å². The summed E-state index contributed by atoms with van der Waals surface area (Å²) in [5.74, 6) is -0.435. The Hall–Kier alpha value is -2.60. The normalized spacial score (nSPS) is 22.7. The number of rotatable bonds is 15. The van der Waals surface area contributed by atoms with Gasteiger partial charge in [-0.05, 0) is 57.6 Å². The highest BCUT2D eigenvalue weighted by atomic mass is 16.7. The number of amides is 1. The van der Waals surface area contributed by atoms with E-state index in [9.17, 15) is 14.7 Å². The van der Waals surface area contributed by atoms with Gasteiger partial charge in [-0.15, -0.1) is 0 Å². The fourth-order valence-electron chi connectivity index (χ4n) is 6.45. The predicted molar refractivity (Wildman–Crippen MR) is 157 cm³/mol. The summed E-state index contributed by atoms with van der Waals surface area (Å²) >= 11 is 0. The number of benzene rings is 1. The molecule has 3 heterocycles. The fraction of sp³-hybridized carbons (Fsp3) is 0.742. The van der Waals surface area contributed by atoms with Crippen LogP contribution in [-0.2, 0) is 19.1 Å². The molecule has 0 aromatic heterocycles. The molecule has 0 radical (unpaired) electrons. The van der Waals surface area contributed by atoms with E-state index in [0.29, 0.717) is 56.5 Å². The van der Waals surface area contributed by atoms with Gasteiger partial charge in [-0.3, -0.25) is 14.5 Å². The molecule has 3 atom stereocenters. The highest BCUT2D eigenvalue weighted by molar-refractivity contribution is 5.79. The number of carboxylic acids is 1. The lowest BCUT2D eigenvalue weighted by molar-refractivity contribution is -0.148. The van der Waals surface area contributed by atoms with Gasteiger partial charge in [0, 0.05) is 37.0 Å². The van der Waals surface area contributed by atoms with Gasteiger partial charge in [-0.1, -0.05) is 27.2 Å². The lowest BCUT2D eigenvalue weighted by Gasteiger charge is -2.37. The molecule has 42 heavy (non-hydrogen) atoms. The second-order valence-corrected chi connectivity index (χ2v) is 12.6. The Kier molecular flexibility index (Phi) is 11.0. The maximum absolute atomic E-state index is 13.8. The number of carbonyl (C=O) groups is 2. The van der Waals surface area contributed by atoms with E-state index in [1.54, 1.807) is 7.11 Å². The second-order valence-electron chi connectivity index (χ2n) is 12.6. The molecule has 0 aliphatic carbocycles. The van der Waals surface area contributed by atoms with Crippen LogP contribution in [0.5, 0.6) is 17.2 Å². The first-order valence-electron chi connectivity index (χ1n) is 15.2. The van der Waals surface area contributed by atoms with Gasteiger partial charge in [0.05, 0.1) is 32.8 Å². The van der Waals surface area contributed by atoms with E-state index in [0.717, 1.165) is 31.4 Å². The summed E-state index contributed by atoms with van der Waals surface area (Å²) in [6.45, 7) is 10.2. The molecular formula is C31H49N3O8. The molecule has 1 unspecified atom stereocenters. The number of aliphatic carboxylic acids is 1. The van der Waals surface area contributed by atoms with Crippen molar-refractivity contribution in [1.82, 2.24) is 14.7 Å². The van der Waals surface area contributed by atoms with Crippen LogP contribution in [0.3, 0.4) is 0 Å². The largest absolute Gasteiger partial charge is 0.493 e. The van der Waals surface area contributed by atoms with Crippen LogP contribution in [0.2, 0.25) is 0 Å². The van der Waals surface area contributed by atoms with E-state index in [2.05, 4.69) is 16.7 Å². The maximum Gasteiger partial charge on any atom is 0.308 e. The molecule has 4 rings (SSSR count). The average molecular weight is 592 g/mol. The molecule has 3 aliphatic rings. The highest BCUT2D eigenvalue weighted by Crippen LogP contribution is 2.48. The van der Waals surface area contributed by atoms with Crippen molar-refractivity contribution in [3.63, 3.8) is 0 Å². The van der Waals surface area contributed by atoms with Gasteiger partial charge in [-0.25, -0.2) is 0 Å². The first kappa shape index (κ1) is 32.3. The number of methoxy groups -OCH3 is 1. The van der Waals surface area contributed by atoms with Crippen molar-refractivity contribution in [2.45, 2.75) is 64.7 Å². The zero-order valence-electron chi connectivity index (χ0n) is 26.1. The molecule has 1 N–H and O–H groups in total. The Morgan fingerprint density at radius 1 is 1.10 bits per heavy atom. The molecule has 1 aromatic rings. The minimum absolute atomic E-state index is 0.0337. The zero-order valence-corrected chi connectivity index (χ0v) is 26.1. The Balaban J connectivity index is 1.64. The summed E-state index contributed by atoms with van der Waals surface area (Å²) in [6.07, 6.45) is 2.87. The smallest absolute Gasteiger partial charge is 0.308 e. The van der Waals surface area contributed by atoms with Gasteiger partial charge in [0.1, 0.15) is 0 Å². The molecule has 1 aromatic carbocycles. The van der Waals surface area contributed by atoms with E-state index in [1.165, 1.54) is 0 Å². The molecule has 236 valence electrons. The first-order chi connectivity index (χ1) is 20.1. The summed E-state index contributed by atoms with van der Waals surface area (Å²) in [7, 11) is 5.62. The lowest BCUT2D eigenvalue weighted by Crippen LogP contribution is -2.47. The number of hydrogen-bond acceptors (Lipinski definition) is 9. The number of likely N-dealkylation sites (tertiary alicyclic amines) is 1. The fourth-order valence-corrected chi connectivity index (χ4v) is 6.45. The third kappa shape index (κ3) is 7.48. The molecule has 11 nitrogen and oxygen atoms in total. The van der Waals surface area contributed by atoms with Crippen LogP contribution in [0.1, 0.15) is 57.9 Å². The number of unbranched alkanes of at least 4 members (excludes halogenated alkanes) is 1. The van der Waals surface area contributed by atoms with Gasteiger partial charge in [0.25, 0.3) is 0 Å². The molecule has 1 amide bonds. The molecule has 0 spiro atoms. The van der Waals surface area contributed by atoms with E-state index in [-0.39, 0.29) is 25.2 Å². The van der Waals surface area contributed by atoms with Crippen LogP contribution in [0.4, 0.5) is 0 Å². The van der Waals surface area contributed by atoms with Crippen LogP contribution in [-0.4, -0.2) is 118 Å². The van der Waals surface area contributed by atoms with Crippen molar-refractivity contribution in [2.75, 3.05) is 73.9 Å². The molecule has 0 bridgehead atoms. The highest BCUT2D eigenvalue weighted by Gasteiger charge is 2.51. The predicted octanol–water partition coefficient (Wildman–Crippen LogP) is 3.26. The van der Waals surface area contributed by atoms with Crippen LogP contribution in [0.15, 0.2) is 12.1 Å². The molecule has 11 heteroatoms. The summed E-state index contributed by atoms with van der Waals surface area (Å²) in [6, 6.07) is 3.29. The van der Waals surface area contributed by atoms with Crippen molar-refractivity contribution in [3.8, 4) is 17.2 Å². The minimum Gasteiger partial charge on any atom is -0.493 e. The van der Waals surface area contributed by atoms with E-state index >= 15 is 0 Å². The van der Waals surface area contributed by atoms with E-state index in [1.807, 2.05) is 45.0 Å². The Labute approximate surface area is 250 Å². The minimum atomic E-state index is -0.894. The number of fused-ring (bicyclic) bond motifs is 1. The standard InChI is InChI=1S/C31H49N3O8/c1-7-8-11-33(12-9-10-32(4)5)26(35)19-34-18-22(21-15-24(38-6)28-25(16-21)41-20-42-28)27(29(36)37)23(34)17-31(2,3)30-39-13-14-40-30/h15-16,22-23,27,30H,7-14,17-20H2,1-6H3,(H,36,37)/t22-,23+,27?/m1/s1. The van der Waals surface area contributed by atoms with Gasteiger partial charge >= 0.3 is 5.97 Å². The SMILES string of the molecule is CCCCN(CCCN(C)C)C(=O)CN1C[C@H](c2cc(OC)c3c(c2)OCO3)C(C(=O)O)[C@@H]1CC(C)(C)C1OCCO1. The molecule has 2 fully saturated rings. The quantitative estimate of drug-likeness (QED) is 0.326. The summed E-state index contributed by atoms with van der Waals surface area (Å²) in [4.78, 5) is 33.0. The molecule has 3 aliphatic heterocycles. The van der Waals surface area contributed by atoms with E-state index in [4.69, 9.17) is 23.7 Å². The van der Waals surface area contributed by atoms with Crippen molar-refractivity contribution in [1.29, 1.82) is 0 Å². The van der Waals surface area contributed by atoms with Gasteiger partial charge < -0.3 is 38.6 Å². The van der Waals surface area contributed by atoms with Crippen molar-refractivity contribution in [3.05, 3.63) is 17.7 Å². The third-order valence-electron chi connectivity index (χ3n) is 8.64. The number of carbonyl (C=O) groups excluding carboxylic acids is 1. The van der Waals surface area contributed by atoms with Crippen molar-refractivity contribution < 1.29 is 38.4 Å². The molecule has 0 saturated carbocycles. The van der Waals surface area contributed by atoms with Gasteiger partial charge in [0.2, 0.25) is 18.4 Å². The topological polar surface area (TPSA) is 110 Å². The molecular weight excluding hydrogens is 542 g/mol. The summed E-state index contributed by atoms with van der Waals surface area (Å²) in [5.41, 5.74) is 0.328. The first-order valence-corrected chi connectivity index (χ1v) is 15.2. The number of ether oxygens (including phenoxy) is 5. The van der Waals surface area contributed by atoms with Crippen molar-refractivity contribution in [2.24, 2.45) is 11.3 Å². The van der Waals surface area contributed by atoms with Gasteiger partial charge in [0.15, 0.2) is 17.8 Å². The third-order valence-corrected chi connectivity index (χ3v) is 8.64. The zero-order chi connectivity index (χ0) is 30.4. The average Bonchev–Trinajstić information content (AvgIpc) is 3.70. The lowest BCUT2D eigenvalue weighted by atomic mass is 9.77. The molecule has 2 saturated heterocycles. The van der Waals surface area contributed by atoms with Crippen LogP contribution in [0.25, 0.3) is 0 Å².